The second kappa shape index (κ2) is 6.13. The van der Waals surface area contributed by atoms with E-state index in [1.165, 1.54) is 6.07 Å². The Morgan fingerprint density at radius 1 is 1.10 bits per heavy atom. The molecule has 21 heavy (non-hydrogen) atoms. The van der Waals surface area contributed by atoms with Crippen LogP contribution in [0, 0.1) is 0 Å². The average molecular weight is 311 g/mol. The largest absolute Gasteiger partial charge is 0.489 e. The summed E-state index contributed by atoms with van der Waals surface area (Å²) in [6, 6.07) is 11.8. The molecule has 0 aliphatic heterocycles. The number of alkyl halides is 3. The van der Waals surface area contributed by atoms with Crippen LogP contribution in [0.1, 0.15) is 16.7 Å². The Balaban J connectivity index is 2.10. The smallest absolute Gasteiger partial charge is 0.416 e. The van der Waals surface area contributed by atoms with Crippen molar-refractivity contribution in [1.29, 1.82) is 0 Å². The van der Waals surface area contributed by atoms with Gasteiger partial charge < -0.3 is 10.5 Å². The van der Waals surface area contributed by atoms with Crippen LogP contribution in [-0.2, 0) is 12.8 Å². The molecule has 0 unspecified atom stereocenters. The molecule has 2 nitrogen and oxygen atoms in total. The molecule has 0 bridgehead atoms. The normalized spacial score (nSPS) is 11.2. The molecular weight excluding hydrogens is 299 g/mol. The molecule has 2 aromatic carbocycles. The van der Waals surface area contributed by atoms with Crippen LogP contribution in [-0.4, -0.2) is 4.99 Å². The summed E-state index contributed by atoms with van der Waals surface area (Å²) in [6.07, 6.45) is -4.36. The van der Waals surface area contributed by atoms with Gasteiger partial charge in [-0.15, -0.1) is 0 Å². The van der Waals surface area contributed by atoms with E-state index < -0.39 is 11.7 Å². The first-order valence-corrected chi connectivity index (χ1v) is 6.46. The first kappa shape index (κ1) is 15.3. The van der Waals surface area contributed by atoms with Crippen molar-refractivity contribution < 1.29 is 17.9 Å². The van der Waals surface area contributed by atoms with Crippen molar-refractivity contribution in [2.75, 3.05) is 0 Å². The molecular formula is C15H12F3NOS. The van der Waals surface area contributed by atoms with Crippen LogP contribution in [0.5, 0.6) is 5.75 Å². The van der Waals surface area contributed by atoms with E-state index >= 15 is 0 Å². The van der Waals surface area contributed by atoms with Gasteiger partial charge in [-0.1, -0.05) is 36.5 Å². The highest BCUT2D eigenvalue weighted by Gasteiger charge is 2.30. The summed E-state index contributed by atoms with van der Waals surface area (Å²) in [7, 11) is 0. The Morgan fingerprint density at radius 2 is 1.81 bits per heavy atom. The summed E-state index contributed by atoms with van der Waals surface area (Å²) in [5.74, 6) is 0.498. The lowest BCUT2D eigenvalue weighted by atomic mass is 10.1. The lowest BCUT2D eigenvalue weighted by Gasteiger charge is -2.10. The Kier molecular flexibility index (Phi) is 4.47. The van der Waals surface area contributed by atoms with Crippen molar-refractivity contribution in [3.05, 3.63) is 65.2 Å². The van der Waals surface area contributed by atoms with Crippen molar-refractivity contribution in [1.82, 2.24) is 0 Å². The first-order valence-electron chi connectivity index (χ1n) is 6.05. The molecule has 0 saturated carbocycles. The molecule has 0 aromatic heterocycles. The number of hydrogen-bond donors (Lipinski definition) is 1. The molecule has 110 valence electrons. The lowest BCUT2D eigenvalue weighted by molar-refractivity contribution is -0.137. The van der Waals surface area contributed by atoms with Crippen LogP contribution in [0.4, 0.5) is 13.2 Å². The molecule has 0 heterocycles. The van der Waals surface area contributed by atoms with Gasteiger partial charge >= 0.3 is 6.18 Å². The minimum Gasteiger partial charge on any atom is -0.489 e. The van der Waals surface area contributed by atoms with Crippen molar-refractivity contribution in [3.8, 4) is 5.75 Å². The highest BCUT2D eigenvalue weighted by molar-refractivity contribution is 7.80. The summed E-state index contributed by atoms with van der Waals surface area (Å²) in [6.45, 7) is 0.0324. The van der Waals surface area contributed by atoms with E-state index in [0.717, 1.165) is 12.1 Å². The minimum absolute atomic E-state index is 0.0324. The third-order valence-electron chi connectivity index (χ3n) is 2.78. The number of halogens is 3. The van der Waals surface area contributed by atoms with E-state index in [9.17, 15) is 13.2 Å². The number of ether oxygens (including phenoxy) is 1. The van der Waals surface area contributed by atoms with Gasteiger partial charge in [0, 0.05) is 5.56 Å². The minimum atomic E-state index is -4.36. The van der Waals surface area contributed by atoms with E-state index in [1.54, 1.807) is 30.3 Å². The van der Waals surface area contributed by atoms with Crippen molar-refractivity contribution in [2.45, 2.75) is 12.8 Å². The number of nitrogens with two attached hydrogens (primary N) is 1. The molecule has 0 radical (unpaired) electrons. The third kappa shape index (κ3) is 4.19. The molecule has 2 rings (SSSR count). The maximum atomic E-state index is 12.6. The Bertz CT molecular complexity index is 655. The van der Waals surface area contributed by atoms with Gasteiger partial charge in [0.05, 0.1) is 5.56 Å². The Hall–Kier alpha value is -2.08. The van der Waals surface area contributed by atoms with Crippen LogP contribution in [0.3, 0.4) is 0 Å². The highest BCUT2D eigenvalue weighted by Crippen LogP contribution is 2.29. The monoisotopic (exact) mass is 311 g/mol. The molecule has 0 fully saturated rings. The van der Waals surface area contributed by atoms with E-state index in [0.29, 0.717) is 16.9 Å². The van der Waals surface area contributed by atoms with Crippen LogP contribution in [0.15, 0.2) is 48.5 Å². The van der Waals surface area contributed by atoms with E-state index in [-0.39, 0.29) is 11.6 Å². The molecule has 0 saturated heterocycles. The molecule has 6 heteroatoms. The van der Waals surface area contributed by atoms with E-state index in [4.69, 9.17) is 22.7 Å². The number of hydrogen-bond acceptors (Lipinski definition) is 2. The summed E-state index contributed by atoms with van der Waals surface area (Å²) < 4.78 is 43.3. The van der Waals surface area contributed by atoms with Crippen LogP contribution in [0.2, 0.25) is 0 Å². The zero-order chi connectivity index (χ0) is 15.5. The van der Waals surface area contributed by atoms with Gasteiger partial charge in [0.25, 0.3) is 0 Å². The van der Waals surface area contributed by atoms with Gasteiger partial charge in [0.2, 0.25) is 0 Å². The van der Waals surface area contributed by atoms with Gasteiger partial charge in [-0.2, -0.15) is 13.2 Å². The van der Waals surface area contributed by atoms with E-state index in [2.05, 4.69) is 0 Å². The summed E-state index contributed by atoms with van der Waals surface area (Å²) in [4.78, 5) is 0.236. The average Bonchev–Trinajstić information content (AvgIpc) is 2.45. The molecule has 2 aromatic rings. The summed E-state index contributed by atoms with van der Waals surface area (Å²) in [5, 5.41) is 0. The number of benzene rings is 2. The quantitative estimate of drug-likeness (QED) is 0.869. The first-order chi connectivity index (χ1) is 9.86. The Labute approximate surface area is 125 Å². The van der Waals surface area contributed by atoms with Crippen molar-refractivity contribution >= 4 is 17.2 Å². The number of thiocarbonyl (C=S) groups is 1. The predicted molar refractivity (Wildman–Crippen MR) is 78.1 cm³/mol. The zero-order valence-corrected chi connectivity index (χ0v) is 11.7. The third-order valence-corrected chi connectivity index (χ3v) is 3.01. The van der Waals surface area contributed by atoms with Gasteiger partial charge in [0.15, 0.2) is 0 Å². The second-order valence-electron chi connectivity index (χ2n) is 4.38. The molecule has 0 aliphatic rings. The zero-order valence-electron chi connectivity index (χ0n) is 10.9. The highest BCUT2D eigenvalue weighted by atomic mass is 32.1. The number of rotatable bonds is 4. The van der Waals surface area contributed by atoms with Crippen LogP contribution >= 0.6 is 12.2 Å². The predicted octanol–water partition coefficient (Wildman–Crippen LogP) is 3.92. The molecule has 0 spiro atoms. The summed E-state index contributed by atoms with van der Waals surface area (Å²) >= 11 is 4.85. The molecule has 0 amide bonds. The van der Waals surface area contributed by atoms with Gasteiger partial charge in [-0.25, -0.2) is 0 Å². The molecule has 2 N–H and O–H groups in total. The maximum Gasteiger partial charge on any atom is 0.416 e. The van der Waals surface area contributed by atoms with Gasteiger partial charge in [0.1, 0.15) is 17.3 Å². The second-order valence-corrected chi connectivity index (χ2v) is 4.82. The fourth-order valence-corrected chi connectivity index (χ4v) is 1.87. The topological polar surface area (TPSA) is 35.2 Å². The fraction of sp³-hybridized carbons (Fsp3) is 0.133. The van der Waals surface area contributed by atoms with Crippen LogP contribution < -0.4 is 10.5 Å². The summed E-state index contributed by atoms with van der Waals surface area (Å²) in [5.41, 5.74) is 5.90. The lowest BCUT2D eigenvalue weighted by Crippen LogP contribution is -2.09. The Morgan fingerprint density at radius 3 is 2.48 bits per heavy atom. The van der Waals surface area contributed by atoms with Gasteiger partial charge in [-0.05, 0) is 29.8 Å². The van der Waals surface area contributed by atoms with Crippen molar-refractivity contribution in [2.24, 2.45) is 5.73 Å². The molecule has 0 atom stereocenters. The van der Waals surface area contributed by atoms with Gasteiger partial charge in [-0.3, -0.25) is 0 Å². The van der Waals surface area contributed by atoms with Crippen molar-refractivity contribution in [3.63, 3.8) is 0 Å². The fourth-order valence-electron chi connectivity index (χ4n) is 1.74. The van der Waals surface area contributed by atoms with E-state index in [1.807, 2.05) is 0 Å². The van der Waals surface area contributed by atoms with Crippen LogP contribution in [0.25, 0.3) is 0 Å². The molecule has 0 aliphatic carbocycles. The standard InChI is InChI=1S/C15H12F3NOS/c16-15(17,18)12-5-1-3-10(7-12)9-20-13-6-2-4-11(8-13)14(19)21/h1-8H,9H2,(H2,19,21). The maximum absolute atomic E-state index is 12.6. The SMILES string of the molecule is NC(=S)c1cccc(OCc2cccc(C(F)(F)F)c2)c1.